The number of hydrogen-bond donors (Lipinski definition) is 2. The molecule has 1 aromatic carbocycles. The van der Waals surface area contributed by atoms with Crippen molar-refractivity contribution in [1.82, 2.24) is 24.3 Å². The van der Waals surface area contributed by atoms with Crippen LogP contribution < -0.4 is 15.8 Å². The number of nitrogens with two attached hydrogens (primary N) is 1. The monoisotopic (exact) mass is 560 g/mol. The number of likely N-dealkylation sites (tertiary alicyclic amines) is 1. The number of aromatic nitrogens is 4. The zero-order valence-corrected chi connectivity index (χ0v) is 23.3. The van der Waals surface area contributed by atoms with Crippen LogP contribution in [0.2, 0.25) is 0 Å². The molecule has 12 heteroatoms. The molecule has 0 saturated carbocycles. The molecule has 3 N–H and O–H groups in total. The van der Waals surface area contributed by atoms with Crippen molar-refractivity contribution in [2.24, 2.45) is 10.7 Å². The molecule has 40 heavy (non-hydrogen) atoms. The van der Waals surface area contributed by atoms with E-state index in [-0.39, 0.29) is 5.25 Å². The first-order valence-electron chi connectivity index (χ1n) is 12.8. The molecule has 0 spiro atoms. The number of allylic oxidation sites excluding steroid dienone is 1. The minimum absolute atomic E-state index is 0.259. The lowest BCUT2D eigenvalue weighted by Gasteiger charge is -2.37. The van der Waals surface area contributed by atoms with Crippen LogP contribution in [0.15, 0.2) is 72.4 Å². The van der Waals surface area contributed by atoms with E-state index in [9.17, 15) is 8.42 Å². The SMILES string of the molecule is CN=CC(=CN)c1ccc(CNc2cc(-c3cnc4cc(OCCN5CC(S(C)(=O)=O)C5)ccn34)ncn2)cc1. The summed E-state index contributed by atoms with van der Waals surface area (Å²) in [5.41, 5.74) is 11.0. The van der Waals surface area contributed by atoms with Crippen LogP contribution in [-0.2, 0) is 16.4 Å². The number of nitrogens with one attached hydrogen (secondary N) is 1. The standard InChI is InChI=1S/C28H32N8O3S/c1-30-15-22(13-29)21-5-3-20(4-6-21)14-31-27-12-25(33-19-34-27)26-16-32-28-11-23(7-8-36(26)28)39-10-9-35-17-24(18-35)40(2,37)38/h3-8,11-13,15-16,19,24H,9-10,14,17-18,29H2,1-2H3,(H,31,33,34). The molecule has 3 aromatic heterocycles. The van der Waals surface area contributed by atoms with Crippen molar-refractivity contribution in [2.45, 2.75) is 11.8 Å². The lowest BCUT2D eigenvalue weighted by Crippen LogP contribution is -2.55. The Morgan fingerprint density at radius 3 is 2.70 bits per heavy atom. The number of sulfone groups is 1. The second-order valence-corrected chi connectivity index (χ2v) is 12.0. The Hall–Kier alpha value is -4.29. The van der Waals surface area contributed by atoms with E-state index >= 15 is 0 Å². The van der Waals surface area contributed by atoms with E-state index in [2.05, 4.69) is 30.2 Å². The van der Waals surface area contributed by atoms with E-state index in [1.54, 1.807) is 25.7 Å². The van der Waals surface area contributed by atoms with Gasteiger partial charge in [0.1, 0.15) is 30.1 Å². The van der Waals surface area contributed by atoms with Crippen molar-refractivity contribution in [1.29, 1.82) is 0 Å². The summed E-state index contributed by atoms with van der Waals surface area (Å²) in [6, 6.07) is 13.8. The second-order valence-electron chi connectivity index (χ2n) is 9.64. The zero-order chi connectivity index (χ0) is 28.1. The Balaban J connectivity index is 1.19. The molecule has 1 aliphatic heterocycles. The van der Waals surface area contributed by atoms with Crippen molar-refractivity contribution in [3.8, 4) is 17.1 Å². The number of anilines is 1. The number of rotatable bonds is 11. The average Bonchev–Trinajstić information content (AvgIpc) is 3.35. The maximum atomic E-state index is 11.6. The van der Waals surface area contributed by atoms with Gasteiger partial charge < -0.3 is 15.8 Å². The van der Waals surface area contributed by atoms with E-state index in [1.807, 2.05) is 53.1 Å². The summed E-state index contributed by atoms with van der Waals surface area (Å²) in [7, 11) is -1.25. The van der Waals surface area contributed by atoms with E-state index in [1.165, 1.54) is 12.6 Å². The van der Waals surface area contributed by atoms with Crippen LogP contribution >= 0.6 is 0 Å². The van der Waals surface area contributed by atoms with E-state index in [0.29, 0.717) is 44.4 Å². The molecule has 0 bridgehead atoms. The normalized spacial score (nSPS) is 15.0. The maximum Gasteiger partial charge on any atom is 0.152 e. The molecule has 0 aliphatic carbocycles. The molecule has 208 valence electrons. The quantitative estimate of drug-likeness (QED) is 0.265. The van der Waals surface area contributed by atoms with Crippen molar-refractivity contribution in [3.05, 3.63) is 78.5 Å². The maximum absolute atomic E-state index is 11.6. The summed E-state index contributed by atoms with van der Waals surface area (Å²) in [6.07, 6.45) is 9.78. The van der Waals surface area contributed by atoms with Crippen molar-refractivity contribution in [3.63, 3.8) is 0 Å². The zero-order valence-electron chi connectivity index (χ0n) is 22.4. The van der Waals surface area contributed by atoms with Gasteiger partial charge in [-0.3, -0.25) is 14.3 Å². The number of ether oxygens (including phenoxy) is 1. The van der Waals surface area contributed by atoms with Gasteiger partial charge in [0.05, 0.1) is 22.8 Å². The summed E-state index contributed by atoms with van der Waals surface area (Å²) >= 11 is 0. The third-order valence-corrected chi connectivity index (χ3v) is 8.34. The molecule has 1 fully saturated rings. The lowest BCUT2D eigenvalue weighted by molar-refractivity contribution is 0.150. The minimum atomic E-state index is -2.96. The van der Waals surface area contributed by atoms with Crippen LogP contribution in [0.5, 0.6) is 5.75 Å². The van der Waals surface area contributed by atoms with Crippen LogP contribution in [0.3, 0.4) is 0 Å². The van der Waals surface area contributed by atoms with Gasteiger partial charge in [-0.15, -0.1) is 0 Å². The molecule has 0 radical (unpaired) electrons. The molecule has 1 saturated heterocycles. The molecule has 0 amide bonds. The summed E-state index contributed by atoms with van der Waals surface area (Å²) in [5, 5.41) is 3.10. The molecule has 4 heterocycles. The first-order valence-corrected chi connectivity index (χ1v) is 14.8. The predicted molar refractivity (Wildman–Crippen MR) is 157 cm³/mol. The largest absolute Gasteiger partial charge is 0.492 e. The Labute approximate surface area is 233 Å². The predicted octanol–water partition coefficient (Wildman–Crippen LogP) is 2.51. The smallest absolute Gasteiger partial charge is 0.152 e. The number of imidazole rings is 1. The molecule has 0 atom stereocenters. The number of hydrogen-bond acceptors (Lipinski definition) is 10. The highest BCUT2D eigenvalue weighted by Crippen LogP contribution is 2.24. The Bertz CT molecular complexity index is 1640. The molecule has 11 nitrogen and oxygen atoms in total. The van der Waals surface area contributed by atoms with Crippen molar-refractivity contribution < 1.29 is 13.2 Å². The molecule has 0 unspecified atom stereocenters. The van der Waals surface area contributed by atoms with Gasteiger partial charge >= 0.3 is 0 Å². The summed E-state index contributed by atoms with van der Waals surface area (Å²) in [6.45, 7) is 2.88. The third-order valence-electron chi connectivity index (χ3n) is 6.83. The van der Waals surface area contributed by atoms with E-state index < -0.39 is 9.84 Å². The van der Waals surface area contributed by atoms with Gasteiger partial charge in [-0.25, -0.2) is 23.4 Å². The fraction of sp³-hybridized carbons (Fsp3) is 0.286. The van der Waals surface area contributed by atoms with E-state index in [0.717, 1.165) is 33.7 Å². The van der Waals surface area contributed by atoms with Gasteiger partial charge in [0.15, 0.2) is 9.84 Å². The van der Waals surface area contributed by atoms with Gasteiger partial charge in [-0.05, 0) is 17.2 Å². The summed E-state index contributed by atoms with van der Waals surface area (Å²) in [5.74, 6) is 1.41. The number of fused-ring (bicyclic) bond motifs is 1. The van der Waals surface area contributed by atoms with Gasteiger partial charge in [-0.2, -0.15) is 0 Å². The van der Waals surface area contributed by atoms with Gasteiger partial charge in [0.25, 0.3) is 0 Å². The third kappa shape index (κ3) is 6.29. The number of nitrogens with zero attached hydrogens (tertiary/aromatic N) is 6. The first kappa shape index (κ1) is 27.3. The summed E-state index contributed by atoms with van der Waals surface area (Å²) in [4.78, 5) is 19.5. The number of benzene rings is 1. The highest BCUT2D eigenvalue weighted by Gasteiger charge is 2.33. The minimum Gasteiger partial charge on any atom is -0.492 e. The molecular weight excluding hydrogens is 528 g/mol. The van der Waals surface area contributed by atoms with Crippen molar-refractivity contribution >= 4 is 33.1 Å². The summed E-state index contributed by atoms with van der Waals surface area (Å²) < 4.78 is 31.0. The molecule has 4 aromatic rings. The Kier molecular flexibility index (Phi) is 8.08. The van der Waals surface area contributed by atoms with Crippen LogP contribution in [0.1, 0.15) is 11.1 Å². The van der Waals surface area contributed by atoms with Crippen LogP contribution in [-0.4, -0.2) is 83.7 Å². The number of aliphatic imine (C=N–C) groups is 1. The van der Waals surface area contributed by atoms with Crippen LogP contribution in [0.4, 0.5) is 5.82 Å². The second kappa shape index (κ2) is 11.8. The number of pyridine rings is 1. The fourth-order valence-corrected chi connectivity index (χ4v) is 5.43. The van der Waals surface area contributed by atoms with Crippen molar-refractivity contribution in [2.75, 3.05) is 44.9 Å². The Morgan fingerprint density at radius 1 is 1.18 bits per heavy atom. The van der Waals surface area contributed by atoms with Crippen LogP contribution in [0.25, 0.3) is 22.6 Å². The first-order chi connectivity index (χ1) is 19.3. The van der Waals surface area contributed by atoms with Gasteiger partial charge in [0.2, 0.25) is 0 Å². The fourth-order valence-electron chi connectivity index (χ4n) is 4.46. The molecule has 5 rings (SSSR count). The van der Waals surface area contributed by atoms with Gasteiger partial charge in [0, 0.05) is 75.8 Å². The highest BCUT2D eigenvalue weighted by molar-refractivity contribution is 7.91. The highest BCUT2D eigenvalue weighted by atomic mass is 32.2. The Morgan fingerprint density at radius 2 is 1.98 bits per heavy atom. The van der Waals surface area contributed by atoms with Crippen LogP contribution in [0, 0.1) is 0 Å². The topological polar surface area (TPSA) is 140 Å². The average molecular weight is 561 g/mol. The van der Waals surface area contributed by atoms with E-state index in [4.69, 9.17) is 10.5 Å². The molecule has 1 aliphatic rings. The van der Waals surface area contributed by atoms with Gasteiger partial charge in [-0.1, -0.05) is 24.3 Å². The molecular formula is C28H32N8O3S. The lowest BCUT2D eigenvalue weighted by atomic mass is 10.1.